The smallest absolute Gasteiger partial charge is 0.221 e. The molecule has 2 atom stereocenters. The summed E-state index contributed by atoms with van der Waals surface area (Å²) in [4.78, 5) is 11.4. The van der Waals surface area contributed by atoms with Crippen molar-refractivity contribution >= 4 is 5.91 Å². The predicted octanol–water partition coefficient (Wildman–Crippen LogP) is 0.406. The summed E-state index contributed by atoms with van der Waals surface area (Å²) >= 11 is 0. The van der Waals surface area contributed by atoms with E-state index in [1.165, 1.54) is 0 Å². The molecule has 92 valence electrons. The molecule has 0 aliphatic heterocycles. The Balaban J connectivity index is 1.46. The van der Waals surface area contributed by atoms with Crippen LogP contribution < -0.4 is 10.6 Å². The largest absolute Gasteiger partial charge is 0.393 e. The summed E-state index contributed by atoms with van der Waals surface area (Å²) in [6.07, 6.45) is 5.76. The van der Waals surface area contributed by atoms with E-state index >= 15 is 0 Å². The van der Waals surface area contributed by atoms with Gasteiger partial charge in [0.2, 0.25) is 5.91 Å². The second-order valence-electron chi connectivity index (χ2n) is 5.13. The van der Waals surface area contributed by atoms with Crippen LogP contribution >= 0.6 is 0 Å². The molecule has 0 aromatic rings. The van der Waals surface area contributed by atoms with Gasteiger partial charge in [0.15, 0.2) is 0 Å². The first-order valence-corrected chi connectivity index (χ1v) is 6.42. The SMILES string of the molecule is O=C(CCNCC1CCC(O)C1)NC1CC1. The molecule has 0 aromatic heterocycles. The lowest BCUT2D eigenvalue weighted by atomic mass is 10.1. The Morgan fingerprint density at radius 1 is 1.25 bits per heavy atom. The van der Waals surface area contributed by atoms with Crippen molar-refractivity contribution in [2.75, 3.05) is 13.1 Å². The van der Waals surface area contributed by atoms with E-state index in [4.69, 9.17) is 0 Å². The summed E-state index contributed by atoms with van der Waals surface area (Å²) in [7, 11) is 0. The van der Waals surface area contributed by atoms with Crippen molar-refractivity contribution in [1.29, 1.82) is 0 Å². The summed E-state index contributed by atoms with van der Waals surface area (Å²) in [5.74, 6) is 0.767. The van der Waals surface area contributed by atoms with Gasteiger partial charge in [0.05, 0.1) is 6.10 Å². The van der Waals surface area contributed by atoms with Crippen LogP contribution in [0, 0.1) is 5.92 Å². The van der Waals surface area contributed by atoms with Crippen molar-refractivity contribution < 1.29 is 9.90 Å². The maximum absolute atomic E-state index is 11.4. The fourth-order valence-electron chi connectivity index (χ4n) is 2.27. The zero-order chi connectivity index (χ0) is 11.4. The van der Waals surface area contributed by atoms with Crippen LogP contribution in [0.25, 0.3) is 0 Å². The lowest BCUT2D eigenvalue weighted by Gasteiger charge is -2.10. The van der Waals surface area contributed by atoms with Crippen LogP contribution in [0.4, 0.5) is 0 Å². The highest BCUT2D eigenvalue weighted by Crippen LogP contribution is 2.24. The third-order valence-electron chi connectivity index (χ3n) is 3.42. The highest BCUT2D eigenvalue weighted by molar-refractivity contribution is 5.76. The minimum Gasteiger partial charge on any atom is -0.393 e. The van der Waals surface area contributed by atoms with Crippen molar-refractivity contribution in [3.05, 3.63) is 0 Å². The van der Waals surface area contributed by atoms with Gasteiger partial charge in [-0.2, -0.15) is 0 Å². The first kappa shape index (κ1) is 11.9. The number of carbonyl (C=O) groups is 1. The standard InChI is InChI=1S/C12H22N2O2/c15-11-4-1-9(7-11)8-13-6-5-12(16)14-10-2-3-10/h9-11,13,15H,1-8H2,(H,14,16). The van der Waals surface area contributed by atoms with Crippen molar-refractivity contribution in [2.45, 2.75) is 50.7 Å². The molecule has 0 radical (unpaired) electrons. The molecule has 2 aliphatic carbocycles. The van der Waals surface area contributed by atoms with Gasteiger partial charge in [0.25, 0.3) is 0 Å². The summed E-state index contributed by atoms with van der Waals surface area (Å²) in [5, 5.41) is 15.6. The highest BCUT2D eigenvalue weighted by Gasteiger charge is 2.23. The number of nitrogens with one attached hydrogen (secondary N) is 2. The zero-order valence-corrected chi connectivity index (χ0v) is 9.74. The van der Waals surface area contributed by atoms with E-state index < -0.39 is 0 Å². The number of amides is 1. The molecular formula is C12H22N2O2. The van der Waals surface area contributed by atoms with Crippen molar-refractivity contribution in [1.82, 2.24) is 10.6 Å². The lowest BCUT2D eigenvalue weighted by Crippen LogP contribution is -2.30. The third-order valence-corrected chi connectivity index (χ3v) is 3.42. The number of aliphatic hydroxyl groups is 1. The Morgan fingerprint density at radius 3 is 2.69 bits per heavy atom. The Morgan fingerprint density at radius 2 is 2.06 bits per heavy atom. The van der Waals surface area contributed by atoms with E-state index in [0.717, 1.165) is 45.2 Å². The van der Waals surface area contributed by atoms with Gasteiger partial charge in [-0.3, -0.25) is 4.79 Å². The van der Waals surface area contributed by atoms with Gasteiger partial charge in [-0.1, -0.05) is 0 Å². The summed E-state index contributed by atoms with van der Waals surface area (Å²) in [5.41, 5.74) is 0. The molecule has 3 N–H and O–H groups in total. The maximum atomic E-state index is 11.4. The van der Waals surface area contributed by atoms with Gasteiger partial charge in [-0.15, -0.1) is 0 Å². The summed E-state index contributed by atoms with van der Waals surface area (Å²) < 4.78 is 0. The van der Waals surface area contributed by atoms with E-state index in [1.54, 1.807) is 0 Å². The molecule has 2 fully saturated rings. The molecular weight excluding hydrogens is 204 g/mol. The van der Waals surface area contributed by atoms with E-state index in [0.29, 0.717) is 18.4 Å². The molecule has 0 aromatic carbocycles. The first-order chi connectivity index (χ1) is 7.74. The van der Waals surface area contributed by atoms with Gasteiger partial charge >= 0.3 is 0 Å². The molecule has 0 bridgehead atoms. The maximum Gasteiger partial charge on any atom is 0.221 e. The van der Waals surface area contributed by atoms with E-state index in [9.17, 15) is 9.90 Å². The Hall–Kier alpha value is -0.610. The molecule has 2 aliphatic rings. The van der Waals surface area contributed by atoms with Crippen molar-refractivity contribution in [3.63, 3.8) is 0 Å². The van der Waals surface area contributed by atoms with Gasteiger partial charge < -0.3 is 15.7 Å². The number of aliphatic hydroxyl groups excluding tert-OH is 1. The van der Waals surface area contributed by atoms with Crippen LogP contribution in [-0.2, 0) is 4.79 Å². The summed E-state index contributed by atoms with van der Waals surface area (Å²) in [6, 6.07) is 0.470. The third kappa shape index (κ3) is 4.10. The highest BCUT2D eigenvalue weighted by atomic mass is 16.3. The average Bonchev–Trinajstić information content (AvgIpc) is 2.95. The molecule has 0 saturated heterocycles. The molecule has 4 heteroatoms. The monoisotopic (exact) mass is 226 g/mol. The van der Waals surface area contributed by atoms with Crippen molar-refractivity contribution in [3.8, 4) is 0 Å². The number of rotatable bonds is 6. The molecule has 4 nitrogen and oxygen atoms in total. The van der Waals surface area contributed by atoms with E-state index in [2.05, 4.69) is 10.6 Å². The normalized spacial score (nSPS) is 29.3. The van der Waals surface area contributed by atoms with Crippen LogP contribution in [0.5, 0.6) is 0 Å². The van der Waals surface area contributed by atoms with Crippen molar-refractivity contribution in [2.24, 2.45) is 5.92 Å². The minimum atomic E-state index is -0.0926. The van der Waals surface area contributed by atoms with Gasteiger partial charge in [0, 0.05) is 19.0 Å². The fourth-order valence-corrected chi connectivity index (χ4v) is 2.27. The number of hydrogen-bond acceptors (Lipinski definition) is 3. The number of hydrogen-bond donors (Lipinski definition) is 3. The molecule has 16 heavy (non-hydrogen) atoms. The second-order valence-corrected chi connectivity index (χ2v) is 5.13. The topological polar surface area (TPSA) is 61.4 Å². The van der Waals surface area contributed by atoms with E-state index in [1.807, 2.05) is 0 Å². The Labute approximate surface area is 96.8 Å². The van der Waals surface area contributed by atoms with Crippen LogP contribution in [0.15, 0.2) is 0 Å². The van der Waals surface area contributed by atoms with Crippen LogP contribution in [0.1, 0.15) is 38.5 Å². The Bertz CT molecular complexity index is 241. The predicted molar refractivity (Wildman–Crippen MR) is 62.0 cm³/mol. The van der Waals surface area contributed by atoms with Gasteiger partial charge in [0.1, 0.15) is 0 Å². The van der Waals surface area contributed by atoms with Crippen LogP contribution in [-0.4, -0.2) is 36.2 Å². The van der Waals surface area contributed by atoms with Crippen LogP contribution in [0.3, 0.4) is 0 Å². The zero-order valence-electron chi connectivity index (χ0n) is 9.74. The fraction of sp³-hybridized carbons (Fsp3) is 0.917. The lowest BCUT2D eigenvalue weighted by molar-refractivity contribution is -0.121. The average molecular weight is 226 g/mol. The molecule has 0 spiro atoms. The van der Waals surface area contributed by atoms with Crippen LogP contribution in [0.2, 0.25) is 0 Å². The second kappa shape index (κ2) is 5.64. The molecule has 2 unspecified atom stereocenters. The van der Waals surface area contributed by atoms with Gasteiger partial charge in [-0.25, -0.2) is 0 Å². The minimum absolute atomic E-state index is 0.0926. The molecule has 1 amide bonds. The van der Waals surface area contributed by atoms with Gasteiger partial charge in [-0.05, 0) is 44.6 Å². The molecule has 0 heterocycles. The quantitative estimate of drug-likeness (QED) is 0.575. The first-order valence-electron chi connectivity index (χ1n) is 6.42. The number of carbonyl (C=O) groups excluding carboxylic acids is 1. The molecule has 2 saturated carbocycles. The van der Waals surface area contributed by atoms with E-state index in [-0.39, 0.29) is 12.0 Å². The molecule has 2 rings (SSSR count). The Kier molecular flexibility index (Phi) is 4.18. The summed E-state index contributed by atoms with van der Waals surface area (Å²) in [6.45, 7) is 1.69.